The number of thioether (sulfide) groups is 4. The number of hydrogen-bond donors (Lipinski definition) is 0. The monoisotopic (exact) mass is 638 g/mol. The summed E-state index contributed by atoms with van der Waals surface area (Å²) in [7, 11) is 0. The van der Waals surface area contributed by atoms with Gasteiger partial charge in [-0.1, -0.05) is 27.7 Å². The lowest BCUT2D eigenvalue weighted by Gasteiger charge is -2.34. The highest BCUT2D eigenvalue weighted by molar-refractivity contribution is 8.03. The van der Waals surface area contributed by atoms with Gasteiger partial charge in [-0.05, 0) is 90.3 Å². The van der Waals surface area contributed by atoms with Crippen LogP contribution in [0.25, 0.3) is 0 Å². The number of nitrogens with zero attached hydrogens (tertiary/aromatic N) is 2. The second kappa shape index (κ2) is 14.8. The van der Waals surface area contributed by atoms with Gasteiger partial charge in [0.2, 0.25) is 11.8 Å². The maximum absolute atomic E-state index is 12.8. The smallest absolute Gasteiger partial charge is 0.254 e. The van der Waals surface area contributed by atoms with Crippen LogP contribution in [0.5, 0.6) is 0 Å². The van der Waals surface area contributed by atoms with Gasteiger partial charge >= 0.3 is 0 Å². The average molecular weight is 639 g/mol. The Morgan fingerprint density at radius 3 is 1.49 bits per heavy atom. The molecule has 0 N–H and O–H groups in total. The molecule has 0 aromatic heterocycles. The molecule has 0 spiro atoms. The van der Waals surface area contributed by atoms with Crippen molar-refractivity contribution in [2.75, 3.05) is 47.6 Å². The summed E-state index contributed by atoms with van der Waals surface area (Å²) >= 11 is 7.31. The van der Waals surface area contributed by atoms with Crippen molar-refractivity contribution in [2.24, 2.45) is 22.7 Å². The molecule has 0 aromatic rings. The Bertz CT molecular complexity index is 988. The molecule has 0 bridgehead atoms. The summed E-state index contributed by atoms with van der Waals surface area (Å²) in [5.74, 6) is 5.98. The van der Waals surface area contributed by atoms with Gasteiger partial charge in [0.05, 0.1) is 11.8 Å². The highest BCUT2D eigenvalue weighted by atomic mass is 32.2. The molecule has 4 heterocycles. The van der Waals surface area contributed by atoms with Gasteiger partial charge in [-0.3, -0.25) is 29.0 Å². The van der Waals surface area contributed by atoms with Crippen LogP contribution < -0.4 is 0 Å². The normalized spacial score (nSPS) is 23.2. The summed E-state index contributed by atoms with van der Waals surface area (Å²) < 4.78 is 0. The maximum Gasteiger partial charge on any atom is 0.254 e. The summed E-state index contributed by atoms with van der Waals surface area (Å²) in [6.45, 7) is 9.70. The first-order chi connectivity index (χ1) is 19.5. The molecule has 2 unspecified atom stereocenters. The Morgan fingerprint density at radius 2 is 1.07 bits per heavy atom. The van der Waals surface area contributed by atoms with E-state index in [1.165, 1.54) is 16.2 Å². The zero-order valence-electron chi connectivity index (χ0n) is 25.1. The number of imide groups is 2. The Kier molecular flexibility index (Phi) is 11.9. The summed E-state index contributed by atoms with van der Waals surface area (Å²) in [6.07, 6.45) is 10.5. The SMILES string of the molecule is CC(C)(CCCSCCCSCCCC(C)(C)CN1C(=O)C=C2SCCC2C1=O)CN1C(=O)C=C2SCCC2C1=O. The van der Waals surface area contributed by atoms with Gasteiger partial charge in [-0.25, -0.2) is 0 Å². The van der Waals surface area contributed by atoms with E-state index in [0.717, 1.165) is 82.9 Å². The third kappa shape index (κ3) is 9.08. The fourth-order valence-electron chi connectivity index (χ4n) is 5.94. The largest absolute Gasteiger partial charge is 0.278 e. The number of fused-ring (bicyclic) bond motifs is 2. The van der Waals surface area contributed by atoms with E-state index in [1.54, 1.807) is 35.7 Å². The maximum atomic E-state index is 12.8. The Balaban J connectivity index is 1.02. The molecule has 4 aliphatic heterocycles. The van der Waals surface area contributed by atoms with Gasteiger partial charge in [0.15, 0.2) is 0 Å². The lowest BCUT2D eigenvalue weighted by atomic mass is 9.86. The molecule has 2 saturated heterocycles. The highest BCUT2D eigenvalue weighted by Crippen LogP contribution is 2.42. The second-order valence-corrected chi connectivity index (χ2v) is 17.9. The van der Waals surface area contributed by atoms with Crippen molar-refractivity contribution in [2.45, 2.75) is 72.6 Å². The van der Waals surface area contributed by atoms with E-state index in [1.807, 2.05) is 23.5 Å². The molecule has 0 aliphatic carbocycles. The van der Waals surface area contributed by atoms with E-state index in [9.17, 15) is 19.2 Å². The van der Waals surface area contributed by atoms with Crippen LogP contribution in [-0.4, -0.2) is 81.0 Å². The fraction of sp³-hybridized carbons (Fsp3) is 0.742. The van der Waals surface area contributed by atoms with Gasteiger partial charge in [0.1, 0.15) is 0 Å². The summed E-state index contributed by atoms with van der Waals surface area (Å²) in [5.41, 5.74) is -0.146. The van der Waals surface area contributed by atoms with Crippen LogP contribution in [0.3, 0.4) is 0 Å². The standard InChI is InChI=1S/C31H46N2O4S4/c1-30(2,20-32-26(34)18-24-22(28(32)36)8-16-40-24)10-5-12-38-14-7-15-39-13-6-11-31(3,4)21-33-27(35)19-25-23(29(33)37)9-17-41-25/h18-19,22-23H,5-17,20-21H2,1-4H3. The molecule has 4 amide bonds. The molecule has 10 heteroatoms. The lowest BCUT2D eigenvalue weighted by Crippen LogP contribution is -2.47. The van der Waals surface area contributed by atoms with E-state index in [2.05, 4.69) is 27.7 Å². The summed E-state index contributed by atoms with van der Waals surface area (Å²) in [4.78, 5) is 55.7. The number of rotatable bonds is 16. The average Bonchev–Trinajstić information content (AvgIpc) is 3.57. The molecule has 2 atom stereocenters. The first kappa shape index (κ1) is 33.1. The third-order valence-corrected chi connectivity index (χ3v) is 12.9. The van der Waals surface area contributed by atoms with Crippen molar-refractivity contribution in [3.05, 3.63) is 22.0 Å². The van der Waals surface area contributed by atoms with Gasteiger partial charge in [0.25, 0.3) is 11.8 Å². The Labute approximate surface area is 263 Å². The molecule has 4 rings (SSSR count). The summed E-state index contributed by atoms with van der Waals surface area (Å²) in [6, 6.07) is 0. The third-order valence-electron chi connectivity index (χ3n) is 8.26. The predicted molar refractivity (Wildman–Crippen MR) is 176 cm³/mol. The zero-order valence-corrected chi connectivity index (χ0v) is 28.3. The van der Waals surface area contributed by atoms with E-state index in [4.69, 9.17) is 0 Å². The predicted octanol–water partition coefficient (Wildman–Crippen LogP) is 6.47. The zero-order chi connectivity index (χ0) is 29.6. The van der Waals surface area contributed by atoms with Gasteiger partial charge in [-0.2, -0.15) is 23.5 Å². The Morgan fingerprint density at radius 1 is 0.683 bits per heavy atom. The molecule has 2 fully saturated rings. The van der Waals surface area contributed by atoms with Crippen LogP contribution in [-0.2, 0) is 19.2 Å². The topological polar surface area (TPSA) is 74.8 Å². The first-order valence-corrected chi connectivity index (χ1v) is 19.3. The quantitative estimate of drug-likeness (QED) is 0.141. The number of carbonyl (C=O) groups is 4. The molecule has 0 radical (unpaired) electrons. The Hall–Kier alpha value is -0.840. The minimum atomic E-state index is -0.134. The van der Waals surface area contributed by atoms with Crippen LogP contribution in [0.4, 0.5) is 0 Å². The van der Waals surface area contributed by atoms with Crippen LogP contribution in [0.1, 0.15) is 72.6 Å². The molecule has 228 valence electrons. The molecular weight excluding hydrogens is 593 g/mol. The number of amides is 4. The number of hydrogen-bond acceptors (Lipinski definition) is 8. The molecule has 6 nitrogen and oxygen atoms in total. The first-order valence-electron chi connectivity index (χ1n) is 15.0. The van der Waals surface area contributed by atoms with Crippen LogP contribution in [0.2, 0.25) is 0 Å². The van der Waals surface area contributed by atoms with Crippen molar-refractivity contribution >= 4 is 70.7 Å². The minimum absolute atomic E-state index is 0.00677. The molecule has 0 saturated carbocycles. The minimum Gasteiger partial charge on any atom is -0.278 e. The van der Waals surface area contributed by atoms with Gasteiger partial charge in [-0.15, -0.1) is 23.5 Å². The van der Waals surface area contributed by atoms with E-state index >= 15 is 0 Å². The molecule has 4 aliphatic rings. The fourth-order valence-corrected chi connectivity index (χ4v) is 10.3. The van der Waals surface area contributed by atoms with E-state index < -0.39 is 0 Å². The second-order valence-electron chi connectivity index (χ2n) is 13.1. The van der Waals surface area contributed by atoms with Crippen LogP contribution in [0.15, 0.2) is 22.0 Å². The van der Waals surface area contributed by atoms with E-state index in [0.29, 0.717) is 13.1 Å². The molecule has 41 heavy (non-hydrogen) atoms. The highest BCUT2D eigenvalue weighted by Gasteiger charge is 2.41. The van der Waals surface area contributed by atoms with E-state index in [-0.39, 0.29) is 46.3 Å². The van der Waals surface area contributed by atoms with Gasteiger partial charge < -0.3 is 0 Å². The van der Waals surface area contributed by atoms with Gasteiger partial charge in [0, 0.05) is 35.1 Å². The lowest BCUT2D eigenvalue weighted by molar-refractivity contribution is -0.148. The van der Waals surface area contributed by atoms with Crippen molar-refractivity contribution in [3.63, 3.8) is 0 Å². The number of carbonyl (C=O) groups excluding carboxylic acids is 4. The molecule has 0 aromatic carbocycles. The van der Waals surface area contributed by atoms with Crippen molar-refractivity contribution in [1.29, 1.82) is 0 Å². The van der Waals surface area contributed by atoms with Crippen LogP contribution in [0, 0.1) is 22.7 Å². The van der Waals surface area contributed by atoms with Crippen LogP contribution >= 0.6 is 47.0 Å². The van der Waals surface area contributed by atoms with Crippen molar-refractivity contribution in [1.82, 2.24) is 9.80 Å². The van der Waals surface area contributed by atoms with Crippen molar-refractivity contribution < 1.29 is 19.2 Å². The summed E-state index contributed by atoms with van der Waals surface area (Å²) in [5, 5.41) is 0. The molecular formula is C31H46N2O4S4. The van der Waals surface area contributed by atoms with Crippen molar-refractivity contribution in [3.8, 4) is 0 Å².